The minimum atomic E-state index is -0.516. The lowest BCUT2D eigenvalue weighted by Gasteiger charge is -2.08. The number of aryl methyl sites for hydroxylation is 2. The fraction of sp³-hybridized carbons (Fsp3) is 0.154. The Morgan fingerprint density at radius 2 is 1.75 bits per heavy atom. The van der Waals surface area contributed by atoms with Gasteiger partial charge in [-0.05, 0) is 31.5 Å². The third kappa shape index (κ3) is 3.14. The molecule has 2 aromatic rings. The van der Waals surface area contributed by atoms with Crippen molar-refractivity contribution in [3.8, 4) is 0 Å². The minimum Gasteiger partial charge on any atom is -0.266 e. The van der Waals surface area contributed by atoms with Crippen LogP contribution in [0.1, 0.15) is 32.4 Å². The third-order valence-electron chi connectivity index (χ3n) is 2.52. The molecule has 0 aromatic carbocycles. The molecule has 102 valence electrons. The molecule has 0 aliphatic rings. The van der Waals surface area contributed by atoms with E-state index in [0.717, 1.165) is 5.56 Å². The average Bonchev–Trinajstić information content (AvgIpc) is 2.45. The van der Waals surface area contributed by atoms with Crippen LogP contribution in [0, 0.1) is 13.8 Å². The summed E-state index contributed by atoms with van der Waals surface area (Å²) in [6.45, 7) is 3.43. The first-order chi connectivity index (χ1) is 9.58. The van der Waals surface area contributed by atoms with Crippen LogP contribution in [0.15, 0.2) is 30.6 Å². The second-order valence-corrected chi connectivity index (χ2v) is 4.07. The number of hydrogen-bond donors (Lipinski definition) is 2. The standard InChI is InChI=1S/C13H13N5O2/c1-8-4-3-6-15-11(8)13(20)18-17-12(19)10-5-7-14-9(2)16-10/h3-7H,1-2H3,(H,17,19)(H,18,20). The van der Waals surface area contributed by atoms with Crippen LogP contribution >= 0.6 is 0 Å². The smallest absolute Gasteiger partial charge is 0.266 e. The molecule has 0 unspecified atom stereocenters. The van der Waals surface area contributed by atoms with E-state index in [0.29, 0.717) is 5.82 Å². The van der Waals surface area contributed by atoms with E-state index in [4.69, 9.17) is 0 Å². The molecule has 7 heteroatoms. The number of amides is 2. The second kappa shape index (κ2) is 5.87. The Morgan fingerprint density at radius 3 is 2.45 bits per heavy atom. The predicted octanol–water partition coefficient (Wildman–Crippen LogP) is 0.563. The molecular weight excluding hydrogens is 258 g/mol. The van der Waals surface area contributed by atoms with E-state index in [9.17, 15) is 9.59 Å². The van der Waals surface area contributed by atoms with Crippen molar-refractivity contribution in [1.29, 1.82) is 0 Å². The van der Waals surface area contributed by atoms with Crippen molar-refractivity contribution in [3.05, 3.63) is 53.4 Å². The zero-order valence-electron chi connectivity index (χ0n) is 11.0. The first-order valence-corrected chi connectivity index (χ1v) is 5.90. The Balaban J connectivity index is 2.01. The number of carbonyl (C=O) groups is 2. The number of rotatable bonds is 2. The Morgan fingerprint density at radius 1 is 1.00 bits per heavy atom. The van der Waals surface area contributed by atoms with Crippen LogP contribution in [0.3, 0.4) is 0 Å². The number of hydrogen-bond acceptors (Lipinski definition) is 5. The van der Waals surface area contributed by atoms with Crippen molar-refractivity contribution in [2.24, 2.45) is 0 Å². The molecule has 0 saturated heterocycles. The van der Waals surface area contributed by atoms with Gasteiger partial charge in [0, 0.05) is 12.4 Å². The quantitative estimate of drug-likeness (QED) is 0.778. The number of aromatic nitrogens is 3. The van der Waals surface area contributed by atoms with Gasteiger partial charge in [-0.25, -0.2) is 9.97 Å². The molecule has 0 atom stereocenters. The SMILES string of the molecule is Cc1nccc(C(=O)NNC(=O)c2ncccc2C)n1. The lowest BCUT2D eigenvalue weighted by atomic mass is 10.2. The van der Waals surface area contributed by atoms with E-state index >= 15 is 0 Å². The van der Waals surface area contributed by atoms with E-state index in [2.05, 4.69) is 25.8 Å². The largest absolute Gasteiger partial charge is 0.288 e. The summed E-state index contributed by atoms with van der Waals surface area (Å²) < 4.78 is 0. The summed E-state index contributed by atoms with van der Waals surface area (Å²) in [6.07, 6.45) is 2.99. The van der Waals surface area contributed by atoms with Crippen molar-refractivity contribution in [2.45, 2.75) is 13.8 Å². The van der Waals surface area contributed by atoms with Gasteiger partial charge in [0.15, 0.2) is 0 Å². The molecule has 2 heterocycles. The highest BCUT2D eigenvalue weighted by atomic mass is 16.2. The van der Waals surface area contributed by atoms with E-state index in [-0.39, 0.29) is 11.4 Å². The molecular formula is C13H13N5O2. The maximum atomic E-state index is 11.8. The van der Waals surface area contributed by atoms with Gasteiger partial charge in [-0.15, -0.1) is 0 Å². The molecule has 20 heavy (non-hydrogen) atoms. The van der Waals surface area contributed by atoms with Crippen molar-refractivity contribution in [1.82, 2.24) is 25.8 Å². The van der Waals surface area contributed by atoms with E-state index in [1.165, 1.54) is 18.5 Å². The summed E-state index contributed by atoms with van der Waals surface area (Å²) in [7, 11) is 0. The average molecular weight is 271 g/mol. The molecule has 0 bridgehead atoms. The van der Waals surface area contributed by atoms with Crippen LogP contribution < -0.4 is 10.9 Å². The van der Waals surface area contributed by atoms with E-state index in [1.54, 1.807) is 26.0 Å². The van der Waals surface area contributed by atoms with Gasteiger partial charge >= 0.3 is 0 Å². The zero-order chi connectivity index (χ0) is 14.5. The summed E-state index contributed by atoms with van der Waals surface area (Å²) in [5, 5.41) is 0. The van der Waals surface area contributed by atoms with Crippen LogP contribution in [0.2, 0.25) is 0 Å². The maximum Gasteiger partial charge on any atom is 0.288 e. The first-order valence-electron chi connectivity index (χ1n) is 5.90. The molecule has 0 fully saturated rings. The zero-order valence-corrected chi connectivity index (χ0v) is 11.0. The Bertz CT molecular complexity index is 657. The summed E-state index contributed by atoms with van der Waals surface area (Å²) in [5.41, 5.74) is 5.73. The van der Waals surface area contributed by atoms with Gasteiger partial charge in [0.2, 0.25) is 0 Å². The summed E-state index contributed by atoms with van der Waals surface area (Å²) >= 11 is 0. The number of nitrogens with zero attached hydrogens (tertiary/aromatic N) is 3. The van der Waals surface area contributed by atoms with Crippen LogP contribution in [0.25, 0.3) is 0 Å². The Labute approximate surface area is 115 Å². The van der Waals surface area contributed by atoms with Crippen LogP contribution in [0.4, 0.5) is 0 Å². The van der Waals surface area contributed by atoms with Gasteiger partial charge < -0.3 is 0 Å². The topological polar surface area (TPSA) is 96.9 Å². The molecule has 2 amide bonds. The highest BCUT2D eigenvalue weighted by Crippen LogP contribution is 2.02. The maximum absolute atomic E-state index is 11.8. The summed E-state index contributed by atoms with van der Waals surface area (Å²) in [4.78, 5) is 35.4. The van der Waals surface area contributed by atoms with Crippen LogP contribution in [-0.2, 0) is 0 Å². The van der Waals surface area contributed by atoms with Crippen LogP contribution in [0.5, 0.6) is 0 Å². The lowest BCUT2D eigenvalue weighted by Crippen LogP contribution is -2.42. The lowest BCUT2D eigenvalue weighted by molar-refractivity contribution is 0.0840. The highest BCUT2D eigenvalue weighted by Gasteiger charge is 2.12. The monoisotopic (exact) mass is 271 g/mol. The number of carbonyl (C=O) groups excluding carboxylic acids is 2. The molecule has 0 aliphatic heterocycles. The molecule has 7 nitrogen and oxygen atoms in total. The van der Waals surface area contributed by atoms with Crippen LogP contribution in [-0.4, -0.2) is 26.8 Å². The van der Waals surface area contributed by atoms with Gasteiger partial charge in [0.25, 0.3) is 11.8 Å². The van der Waals surface area contributed by atoms with Crippen molar-refractivity contribution >= 4 is 11.8 Å². The first kappa shape index (κ1) is 13.6. The highest BCUT2D eigenvalue weighted by molar-refractivity contribution is 5.97. The summed E-state index contributed by atoms with van der Waals surface area (Å²) in [5.74, 6) is -0.524. The molecule has 0 radical (unpaired) electrons. The number of pyridine rings is 1. The molecule has 0 spiro atoms. The van der Waals surface area contributed by atoms with Gasteiger partial charge in [-0.3, -0.25) is 25.4 Å². The predicted molar refractivity (Wildman–Crippen MR) is 70.7 cm³/mol. The van der Waals surface area contributed by atoms with Gasteiger partial charge in [0.05, 0.1) is 0 Å². The van der Waals surface area contributed by atoms with E-state index < -0.39 is 11.8 Å². The Kier molecular flexibility index (Phi) is 3.99. The molecule has 2 rings (SSSR count). The third-order valence-corrected chi connectivity index (χ3v) is 2.52. The molecule has 0 aliphatic carbocycles. The summed E-state index contributed by atoms with van der Waals surface area (Å²) in [6, 6.07) is 4.95. The molecule has 2 aromatic heterocycles. The fourth-order valence-electron chi connectivity index (χ4n) is 1.54. The van der Waals surface area contributed by atoms with Gasteiger partial charge in [0.1, 0.15) is 17.2 Å². The van der Waals surface area contributed by atoms with Gasteiger partial charge in [-0.2, -0.15) is 0 Å². The minimum absolute atomic E-state index is 0.176. The van der Waals surface area contributed by atoms with Crippen molar-refractivity contribution in [3.63, 3.8) is 0 Å². The van der Waals surface area contributed by atoms with Crippen molar-refractivity contribution in [2.75, 3.05) is 0 Å². The Hall–Kier alpha value is -2.83. The number of hydrazine groups is 1. The normalized spacial score (nSPS) is 9.90. The number of nitrogens with one attached hydrogen (secondary N) is 2. The second-order valence-electron chi connectivity index (χ2n) is 4.07. The molecule has 2 N–H and O–H groups in total. The van der Waals surface area contributed by atoms with Crippen molar-refractivity contribution < 1.29 is 9.59 Å². The fourth-order valence-corrected chi connectivity index (χ4v) is 1.54. The molecule has 0 saturated carbocycles. The van der Waals surface area contributed by atoms with Gasteiger partial charge in [-0.1, -0.05) is 6.07 Å². The van der Waals surface area contributed by atoms with E-state index in [1.807, 2.05) is 0 Å².